The van der Waals surface area contributed by atoms with E-state index in [4.69, 9.17) is 4.74 Å². The van der Waals surface area contributed by atoms with E-state index in [2.05, 4.69) is 15.0 Å². The third-order valence-electron chi connectivity index (χ3n) is 4.27. The predicted molar refractivity (Wildman–Crippen MR) is 101 cm³/mol. The molecule has 0 radical (unpaired) electrons. The Morgan fingerprint density at radius 1 is 1.00 bits per heavy atom. The Morgan fingerprint density at radius 2 is 1.70 bits per heavy atom. The minimum atomic E-state index is -0.798. The number of ether oxygens (including phenoxy) is 1. The van der Waals surface area contributed by atoms with Crippen molar-refractivity contribution in [3.8, 4) is 0 Å². The highest BCUT2D eigenvalue weighted by molar-refractivity contribution is 6.03. The first-order valence-electron chi connectivity index (χ1n) is 8.35. The van der Waals surface area contributed by atoms with E-state index in [-0.39, 0.29) is 16.9 Å². The second-order valence-electron chi connectivity index (χ2n) is 6.11. The zero-order valence-electron chi connectivity index (χ0n) is 14.4. The van der Waals surface area contributed by atoms with Crippen LogP contribution in [0.3, 0.4) is 0 Å². The number of aromatic amines is 2. The standard InChI is InChI=1S/C20H15N3O4/c1-11(18-22-16-9-5-3-7-13(16)19(25)23-18)27-20(26)14-10-17(24)21-15-8-4-2-6-12(14)15/h2-11H,1H3,(H,21,24)(H,22,23,25)/t11-/m0/s1. The summed E-state index contributed by atoms with van der Waals surface area (Å²) in [4.78, 5) is 46.4. The Balaban J connectivity index is 1.70. The minimum Gasteiger partial charge on any atom is -0.451 e. The third kappa shape index (κ3) is 3.10. The molecule has 7 heteroatoms. The lowest BCUT2D eigenvalue weighted by Crippen LogP contribution is -2.18. The molecular weight excluding hydrogens is 346 g/mol. The number of esters is 1. The number of aromatic nitrogens is 3. The lowest BCUT2D eigenvalue weighted by molar-refractivity contribution is 0.0322. The maximum Gasteiger partial charge on any atom is 0.339 e. The van der Waals surface area contributed by atoms with Crippen molar-refractivity contribution in [1.82, 2.24) is 15.0 Å². The van der Waals surface area contributed by atoms with Gasteiger partial charge in [0.05, 0.1) is 16.5 Å². The van der Waals surface area contributed by atoms with Crippen molar-refractivity contribution in [2.45, 2.75) is 13.0 Å². The van der Waals surface area contributed by atoms with E-state index in [0.29, 0.717) is 21.8 Å². The number of hydrogen-bond donors (Lipinski definition) is 2. The second-order valence-corrected chi connectivity index (χ2v) is 6.11. The molecule has 0 amide bonds. The number of carbonyl (C=O) groups excluding carboxylic acids is 1. The number of pyridine rings is 1. The normalized spacial score (nSPS) is 12.2. The van der Waals surface area contributed by atoms with Crippen molar-refractivity contribution in [1.29, 1.82) is 0 Å². The average molecular weight is 361 g/mol. The Labute approximate surface area is 152 Å². The molecule has 0 bridgehead atoms. The summed E-state index contributed by atoms with van der Waals surface area (Å²) in [5.41, 5.74) is 0.512. The van der Waals surface area contributed by atoms with Crippen LogP contribution in [-0.2, 0) is 4.74 Å². The van der Waals surface area contributed by atoms with Crippen molar-refractivity contribution in [3.05, 3.63) is 86.7 Å². The largest absolute Gasteiger partial charge is 0.451 e. The second kappa shape index (κ2) is 6.53. The molecule has 7 nitrogen and oxygen atoms in total. The molecule has 4 rings (SSSR count). The Kier molecular flexibility index (Phi) is 4.04. The molecule has 0 fully saturated rings. The van der Waals surface area contributed by atoms with Gasteiger partial charge in [-0.3, -0.25) is 9.59 Å². The number of carbonyl (C=O) groups is 1. The van der Waals surface area contributed by atoms with Crippen molar-refractivity contribution in [3.63, 3.8) is 0 Å². The van der Waals surface area contributed by atoms with E-state index in [1.54, 1.807) is 55.5 Å². The van der Waals surface area contributed by atoms with Gasteiger partial charge in [-0.1, -0.05) is 30.3 Å². The summed E-state index contributed by atoms with van der Waals surface area (Å²) >= 11 is 0. The van der Waals surface area contributed by atoms with Gasteiger partial charge in [0, 0.05) is 17.0 Å². The molecule has 0 aliphatic carbocycles. The van der Waals surface area contributed by atoms with Crippen LogP contribution in [0.4, 0.5) is 0 Å². The smallest absolute Gasteiger partial charge is 0.339 e. The molecule has 0 unspecified atom stereocenters. The Bertz CT molecular complexity index is 1290. The van der Waals surface area contributed by atoms with Gasteiger partial charge >= 0.3 is 5.97 Å². The van der Waals surface area contributed by atoms with Crippen molar-refractivity contribution >= 4 is 27.8 Å². The number of rotatable bonds is 3. The average Bonchev–Trinajstić information content (AvgIpc) is 2.67. The van der Waals surface area contributed by atoms with Gasteiger partial charge in [-0.2, -0.15) is 0 Å². The molecule has 2 heterocycles. The maximum atomic E-state index is 12.6. The number of hydrogen-bond acceptors (Lipinski definition) is 5. The highest BCUT2D eigenvalue weighted by Crippen LogP contribution is 2.20. The zero-order chi connectivity index (χ0) is 19.0. The lowest BCUT2D eigenvalue weighted by Gasteiger charge is -2.14. The highest BCUT2D eigenvalue weighted by atomic mass is 16.5. The number of nitrogens with one attached hydrogen (secondary N) is 2. The molecule has 4 aromatic rings. The summed E-state index contributed by atoms with van der Waals surface area (Å²) in [7, 11) is 0. The monoisotopic (exact) mass is 361 g/mol. The number of H-pyrrole nitrogens is 2. The van der Waals surface area contributed by atoms with Gasteiger partial charge in [0.15, 0.2) is 11.9 Å². The van der Waals surface area contributed by atoms with Crippen LogP contribution in [0.15, 0.2) is 64.2 Å². The van der Waals surface area contributed by atoms with Crippen LogP contribution < -0.4 is 11.1 Å². The fourth-order valence-electron chi connectivity index (χ4n) is 2.95. The Morgan fingerprint density at radius 3 is 2.52 bits per heavy atom. The summed E-state index contributed by atoms with van der Waals surface area (Å²) in [5, 5.41) is 1.04. The molecule has 0 saturated heterocycles. The van der Waals surface area contributed by atoms with Crippen molar-refractivity contribution in [2.75, 3.05) is 0 Å². The first kappa shape index (κ1) is 16.7. The van der Waals surface area contributed by atoms with E-state index in [0.717, 1.165) is 0 Å². The predicted octanol–water partition coefficient (Wildman–Crippen LogP) is 2.68. The lowest BCUT2D eigenvalue weighted by atomic mass is 10.1. The molecule has 2 N–H and O–H groups in total. The fraction of sp³-hybridized carbons (Fsp3) is 0.100. The summed E-state index contributed by atoms with van der Waals surface area (Å²) in [6.07, 6.45) is -0.798. The SMILES string of the molecule is C[C@H](OC(=O)c1cc(=O)[nH]c2ccccc12)c1nc2ccccc2c(=O)[nH]1. The summed E-state index contributed by atoms with van der Waals surface area (Å²) in [6, 6.07) is 15.1. The van der Waals surface area contributed by atoms with Crippen molar-refractivity contribution in [2.24, 2.45) is 0 Å². The van der Waals surface area contributed by atoms with E-state index >= 15 is 0 Å². The van der Waals surface area contributed by atoms with E-state index < -0.39 is 17.6 Å². The van der Waals surface area contributed by atoms with Gasteiger partial charge in [-0.15, -0.1) is 0 Å². The molecule has 27 heavy (non-hydrogen) atoms. The van der Waals surface area contributed by atoms with Crippen LogP contribution in [0.2, 0.25) is 0 Å². The minimum absolute atomic E-state index is 0.157. The number of benzene rings is 2. The van der Waals surface area contributed by atoms with Crippen LogP contribution in [-0.4, -0.2) is 20.9 Å². The maximum absolute atomic E-state index is 12.6. The first-order valence-corrected chi connectivity index (χ1v) is 8.35. The van der Waals surface area contributed by atoms with Crippen molar-refractivity contribution < 1.29 is 9.53 Å². The number of para-hydroxylation sites is 2. The molecule has 2 aromatic heterocycles. The van der Waals surface area contributed by atoms with Crippen LogP contribution >= 0.6 is 0 Å². The zero-order valence-corrected chi connectivity index (χ0v) is 14.4. The topological polar surface area (TPSA) is 105 Å². The number of fused-ring (bicyclic) bond motifs is 2. The van der Waals surface area contributed by atoms with Crippen LogP contribution in [0.5, 0.6) is 0 Å². The van der Waals surface area contributed by atoms with Gasteiger partial charge < -0.3 is 14.7 Å². The van der Waals surface area contributed by atoms with Gasteiger partial charge in [0.2, 0.25) is 5.56 Å². The van der Waals surface area contributed by atoms with Crippen LogP contribution in [0, 0.1) is 0 Å². The highest BCUT2D eigenvalue weighted by Gasteiger charge is 2.19. The molecule has 0 aliphatic rings. The van der Waals surface area contributed by atoms with Gasteiger partial charge in [-0.25, -0.2) is 9.78 Å². The quantitative estimate of drug-likeness (QED) is 0.546. The third-order valence-corrected chi connectivity index (χ3v) is 4.27. The summed E-state index contributed by atoms with van der Waals surface area (Å²) in [6.45, 7) is 1.61. The summed E-state index contributed by atoms with van der Waals surface area (Å²) in [5.74, 6) is -0.429. The summed E-state index contributed by atoms with van der Waals surface area (Å²) < 4.78 is 5.47. The van der Waals surface area contributed by atoms with Gasteiger partial charge in [-0.05, 0) is 25.1 Å². The van der Waals surface area contributed by atoms with E-state index in [1.807, 2.05) is 0 Å². The first-order chi connectivity index (χ1) is 13.0. The molecule has 134 valence electrons. The van der Waals surface area contributed by atoms with Gasteiger partial charge in [0.1, 0.15) is 0 Å². The molecule has 0 saturated carbocycles. The van der Waals surface area contributed by atoms with E-state index in [9.17, 15) is 14.4 Å². The Hall–Kier alpha value is -3.74. The molecule has 0 aliphatic heterocycles. The van der Waals surface area contributed by atoms with Crippen LogP contribution in [0.1, 0.15) is 29.2 Å². The molecule has 1 atom stereocenters. The molecule has 0 spiro atoms. The molecular formula is C20H15N3O4. The number of nitrogens with zero attached hydrogens (tertiary/aromatic N) is 1. The van der Waals surface area contributed by atoms with Crippen LogP contribution in [0.25, 0.3) is 21.8 Å². The van der Waals surface area contributed by atoms with E-state index in [1.165, 1.54) is 6.07 Å². The molecule has 2 aromatic carbocycles. The fourth-order valence-corrected chi connectivity index (χ4v) is 2.95. The van der Waals surface area contributed by atoms with Gasteiger partial charge in [0.25, 0.3) is 5.56 Å².